The summed E-state index contributed by atoms with van der Waals surface area (Å²) in [5, 5.41) is 9.77. The molecule has 176 valence electrons. The van der Waals surface area contributed by atoms with Crippen LogP contribution in [0.25, 0.3) is 0 Å². The first-order valence-corrected chi connectivity index (χ1v) is 11.1. The highest BCUT2D eigenvalue weighted by atomic mass is 127. The molecule has 1 aromatic rings. The van der Waals surface area contributed by atoms with Gasteiger partial charge in [0.2, 0.25) is 5.91 Å². The molecule has 0 spiro atoms. The van der Waals surface area contributed by atoms with Crippen molar-refractivity contribution in [3.8, 4) is 0 Å². The molecule has 1 aliphatic rings. The lowest BCUT2D eigenvalue weighted by atomic mass is 9.87. The molecule has 1 amide bonds. The van der Waals surface area contributed by atoms with Crippen LogP contribution in [-0.4, -0.2) is 51.1 Å². The third-order valence-corrected chi connectivity index (χ3v) is 5.54. The third kappa shape index (κ3) is 8.86. The van der Waals surface area contributed by atoms with Crippen LogP contribution in [0.4, 0.5) is 5.69 Å². The molecule has 2 rings (SSSR count). The van der Waals surface area contributed by atoms with Gasteiger partial charge < -0.3 is 20.9 Å². The van der Waals surface area contributed by atoms with E-state index in [1.165, 1.54) is 11.3 Å². The first kappa shape index (κ1) is 27.5. The number of anilines is 1. The van der Waals surface area contributed by atoms with Crippen LogP contribution in [0.3, 0.4) is 0 Å². The Bertz CT molecular complexity index is 711. The van der Waals surface area contributed by atoms with Gasteiger partial charge in [0.15, 0.2) is 5.96 Å². The Hall–Kier alpha value is -1.51. The number of rotatable bonds is 5. The van der Waals surface area contributed by atoms with E-state index in [1.807, 2.05) is 20.8 Å². The van der Waals surface area contributed by atoms with E-state index in [-0.39, 0.29) is 40.7 Å². The Morgan fingerprint density at radius 1 is 1.00 bits per heavy atom. The number of nitrogens with zero attached hydrogens (tertiary/aromatic N) is 2. The average molecular weight is 544 g/mol. The minimum atomic E-state index is -0.360. The Kier molecular flexibility index (Phi) is 10.6. The van der Waals surface area contributed by atoms with Crippen molar-refractivity contribution in [3.63, 3.8) is 0 Å². The number of carbonyl (C=O) groups excluding carboxylic acids is 1. The quantitative estimate of drug-likeness (QED) is 0.228. The Labute approximate surface area is 206 Å². The van der Waals surface area contributed by atoms with Gasteiger partial charge in [-0.2, -0.15) is 0 Å². The summed E-state index contributed by atoms with van der Waals surface area (Å²) >= 11 is 0. The number of piperidine rings is 1. The average Bonchev–Trinajstić information content (AvgIpc) is 2.69. The predicted molar refractivity (Wildman–Crippen MR) is 143 cm³/mol. The van der Waals surface area contributed by atoms with Crippen molar-refractivity contribution in [2.24, 2.45) is 10.4 Å². The highest BCUT2D eigenvalue weighted by molar-refractivity contribution is 14.0. The van der Waals surface area contributed by atoms with Crippen molar-refractivity contribution >= 4 is 41.5 Å². The van der Waals surface area contributed by atoms with Gasteiger partial charge in [-0.1, -0.05) is 53.7 Å². The summed E-state index contributed by atoms with van der Waals surface area (Å²) in [6.07, 6.45) is 2.14. The lowest BCUT2D eigenvalue weighted by Gasteiger charge is -2.35. The highest BCUT2D eigenvalue weighted by Gasteiger charge is 2.22. The van der Waals surface area contributed by atoms with Gasteiger partial charge in [-0.15, -0.1) is 24.0 Å². The topological polar surface area (TPSA) is 68.8 Å². The fourth-order valence-corrected chi connectivity index (χ4v) is 3.46. The van der Waals surface area contributed by atoms with E-state index in [4.69, 9.17) is 0 Å². The fourth-order valence-electron chi connectivity index (χ4n) is 3.46. The normalized spacial score (nSPS) is 15.8. The number of nitrogens with one attached hydrogen (secondary N) is 3. The van der Waals surface area contributed by atoms with E-state index in [0.717, 1.165) is 31.9 Å². The van der Waals surface area contributed by atoms with Crippen molar-refractivity contribution in [1.29, 1.82) is 0 Å². The summed E-state index contributed by atoms with van der Waals surface area (Å²) in [6, 6.07) is 9.42. The fraction of sp³-hybridized carbons (Fsp3) is 0.667. The van der Waals surface area contributed by atoms with Crippen LogP contribution in [0.2, 0.25) is 0 Å². The minimum absolute atomic E-state index is 0. The summed E-state index contributed by atoms with van der Waals surface area (Å²) in [5.41, 5.74) is 2.50. The second-order valence-corrected chi connectivity index (χ2v) is 10.2. The lowest BCUT2D eigenvalue weighted by Crippen LogP contribution is -2.50. The second kappa shape index (κ2) is 11.9. The molecule has 0 radical (unpaired) electrons. The van der Waals surface area contributed by atoms with Gasteiger partial charge >= 0.3 is 0 Å². The summed E-state index contributed by atoms with van der Waals surface area (Å²) in [7, 11) is 1.79. The molecule has 1 heterocycles. The molecule has 0 atom stereocenters. The Morgan fingerprint density at radius 2 is 1.55 bits per heavy atom. The van der Waals surface area contributed by atoms with Crippen molar-refractivity contribution in [3.05, 3.63) is 29.8 Å². The van der Waals surface area contributed by atoms with Crippen molar-refractivity contribution in [2.75, 3.05) is 38.1 Å². The summed E-state index contributed by atoms with van der Waals surface area (Å²) < 4.78 is 0. The van der Waals surface area contributed by atoms with E-state index in [9.17, 15) is 4.79 Å². The van der Waals surface area contributed by atoms with Crippen molar-refractivity contribution in [1.82, 2.24) is 16.0 Å². The van der Waals surface area contributed by atoms with Crippen LogP contribution < -0.4 is 20.9 Å². The monoisotopic (exact) mass is 543 g/mol. The molecule has 1 aromatic carbocycles. The van der Waals surface area contributed by atoms with Gasteiger partial charge in [-0.25, -0.2) is 0 Å². The largest absolute Gasteiger partial charge is 0.371 e. The van der Waals surface area contributed by atoms with Gasteiger partial charge in [0, 0.05) is 50.4 Å². The molecule has 1 saturated heterocycles. The van der Waals surface area contributed by atoms with Crippen molar-refractivity contribution in [2.45, 2.75) is 65.8 Å². The number of carbonyl (C=O) groups is 1. The highest BCUT2D eigenvalue weighted by Crippen LogP contribution is 2.26. The van der Waals surface area contributed by atoms with E-state index >= 15 is 0 Å². The summed E-state index contributed by atoms with van der Waals surface area (Å²) in [6.45, 7) is 15.8. The van der Waals surface area contributed by atoms with E-state index in [2.05, 4.69) is 70.9 Å². The molecule has 7 heteroatoms. The van der Waals surface area contributed by atoms with Crippen LogP contribution >= 0.6 is 24.0 Å². The van der Waals surface area contributed by atoms with Crippen LogP contribution in [0.5, 0.6) is 0 Å². The molecule has 0 unspecified atom stereocenters. The van der Waals surface area contributed by atoms with Crippen LogP contribution in [0.15, 0.2) is 29.3 Å². The number of halogens is 1. The van der Waals surface area contributed by atoms with Crippen molar-refractivity contribution < 1.29 is 4.79 Å². The van der Waals surface area contributed by atoms with Gasteiger partial charge in [0.25, 0.3) is 0 Å². The first-order valence-electron chi connectivity index (χ1n) is 11.1. The molecule has 0 saturated carbocycles. The Balaban J connectivity index is 0.00000480. The molecule has 0 aromatic heterocycles. The van der Waals surface area contributed by atoms with Crippen LogP contribution in [-0.2, 0) is 10.2 Å². The maximum absolute atomic E-state index is 11.9. The van der Waals surface area contributed by atoms with E-state index in [0.29, 0.717) is 19.1 Å². The number of amides is 1. The molecule has 0 aliphatic carbocycles. The molecule has 31 heavy (non-hydrogen) atoms. The van der Waals surface area contributed by atoms with Crippen LogP contribution in [0, 0.1) is 5.41 Å². The zero-order valence-electron chi connectivity index (χ0n) is 20.3. The molecule has 3 N–H and O–H groups in total. The number of hydrogen-bond acceptors (Lipinski definition) is 3. The maximum Gasteiger partial charge on any atom is 0.225 e. The van der Waals surface area contributed by atoms with Gasteiger partial charge in [0.05, 0.1) is 0 Å². The first-order chi connectivity index (χ1) is 14.0. The number of aliphatic imine (C=N–C) groups is 1. The van der Waals surface area contributed by atoms with E-state index in [1.54, 1.807) is 7.05 Å². The summed E-state index contributed by atoms with van der Waals surface area (Å²) in [5.74, 6) is 0.864. The zero-order chi connectivity index (χ0) is 22.4. The molecular weight excluding hydrogens is 501 g/mol. The smallest absolute Gasteiger partial charge is 0.225 e. The third-order valence-electron chi connectivity index (χ3n) is 5.54. The molecule has 0 bridgehead atoms. The molecule has 1 fully saturated rings. The number of benzene rings is 1. The number of hydrogen-bond donors (Lipinski definition) is 3. The van der Waals surface area contributed by atoms with Gasteiger partial charge in [0.1, 0.15) is 0 Å². The summed E-state index contributed by atoms with van der Waals surface area (Å²) in [4.78, 5) is 18.7. The van der Waals surface area contributed by atoms with Crippen LogP contribution in [0.1, 0.15) is 59.9 Å². The molecular formula is C24H42IN5O. The molecule has 1 aliphatic heterocycles. The SMILES string of the molecule is CN=C(NCCNC(=O)C(C)(C)C)NC1CCN(c2ccc(C(C)(C)C)cc2)CC1.I. The number of guanidine groups is 1. The standard InChI is InChI=1S/C24H41N5O.HI/c1-23(2,3)18-8-10-20(11-9-18)29-16-12-19(13-17-29)28-22(25-7)27-15-14-26-21(30)24(4,5)6;/h8-11,19H,12-17H2,1-7H3,(H,26,30)(H2,25,27,28);1H. The second-order valence-electron chi connectivity index (χ2n) is 10.2. The lowest BCUT2D eigenvalue weighted by molar-refractivity contribution is -0.128. The van der Waals surface area contributed by atoms with Gasteiger partial charge in [-0.05, 0) is 36.0 Å². The predicted octanol–water partition coefficient (Wildman–Crippen LogP) is 3.90. The minimum Gasteiger partial charge on any atom is -0.371 e. The van der Waals surface area contributed by atoms with Gasteiger partial charge in [-0.3, -0.25) is 9.79 Å². The zero-order valence-corrected chi connectivity index (χ0v) is 22.7. The molecule has 6 nitrogen and oxygen atoms in total. The van der Waals surface area contributed by atoms with E-state index < -0.39 is 0 Å². The Morgan fingerprint density at radius 3 is 2.03 bits per heavy atom. The maximum atomic E-state index is 11.9.